The summed E-state index contributed by atoms with van der Waals surface area (Å²) in [4.78, 5) is 12.2. The van der Waals surface area contributed by atoms with E-state index in [1.54, 1.807) is 24.3 Å². The number of hydrogen-bond acceptors (Lipinski definition) is 4. The molecule has 3 nitrogen and oxygen atoms in total. The largest absolute Gasteiger partial charge is 0.293 e. The summed E-state index contributed by atoms with van der Waals surface area (Å²) in [7, 11) is 0. The summed E-state index contributed by atoms with van der Waals surface area (Å²) in [5, 5.41) is 9.89. The van der Waals surface area contributed by atoms with Gasteiger partial charge >= 0.3 is 0 Å². The second-order valence-electron chi connectivity index (χ2n) is 5.79. The maximum absolute atomic E-state index is 12.2. The summed E-state index contributed by atoms with van der Waals surface area (Å²) in [5.41, 5.74) is 4.96. The Labute approximate surface area is 156 Å². The summed E-state index contributed by atoms with van der Waals surface area (Å²) in [6, 6.07) is 17.0. The highest BCUT2D eigenvalue weighted by atomic mass is 35.5. The first-order chi connectivity index (χ1) is 12.0. The first-order valence-electron chi connectivity index (χ1n) is 7.86. The molecule has 3 aromatic rings. The minimum Gasteiger partial charge on any atom is -0.293 e. The van der Waals surface area contributed by atoms with Gasteiger partial charge in [-0.1, -0.05) is 47.1 Å². The molecule has 0 radical (unpaired) electrons. The van der Waals surface area contributed by atoms with Crippen LogP contribution in [0, 0.1) is 13.8 Å². The molecule has 0 fully saturated rings. The molecule has 0 saturated carbocycles. The third-order valence-electron chi connectivity index (χ3n) is 3.82. The van der Waals surface area contributed by atoms with E-state index in [9.17, 15) is 4.79 Å². The monoisotopic (exact) mass is 368 g/mol. The third kappa shape index (κ3) is 4.47. The Kier molecular flexibility index (Phi) is 5.51. The van der Waals surface area contributed by atoms with Crippen LogP contribution in [-0.2, 0) is 0 Å². The van der Waals surface area contributed by atoms with Crippen LogP contribution in [0.2, 0.25) is 5.02 Å². The maximum atomic E-state index is 12.2. The zero-order valence-electron chi connectivity index (χ0n) is 14.0. The van der Waals surface area contributed by atoms with Crippen molar-refractivity contribution in [2.24, 2.45) is 0 Å². The molecule has 0 spiro atoms. The number of thioether (sulfide) groups is 1. The van der Waals surface area contributed by atoms with Crippen LogP contribution in [0.25, 0.3) is 11.3 Å². The van der Waals surface area contributed by atoms with Crippen molar-refractivity contribution in [3.8, 4) is 11.3 Å². The third-order valence-corrected chi connectivity index (χ3v) is 4.99. The standard InChI is InChI=1S/C20H17ClN2OS/c1-13-3-8-17(14(2)11-13)18-9-10-20(23-22-18)25-12-19(24)15-4-6-16(21)7-5-15/h3-11H,12H2,1-2H3. The van der Waals surface area contributed by atoms with Crippen molar-refractivity contribution in [2.45, 2.75) is 18.9 Å². The van der Waals surface area contributed by atoms with Gasteiger partial charge in [0.15, 0.2) is 5.78 Å². The number of ketones is 1. The van der Waals surface area contributed by atoms with Crippen LogP contribution in [0.4, 0.5) is 0 Å². The van der Waals surface area contributed by atoms with Crippen molar-refractivity contribution < 1.29 is 4.79 Å². The van der Waals surface area contributed by atoms with Gasteiger partial charge in [0.05, 0.1) is 11.4 Å². The van der Waals surface area contributed by atoms with Gasteiger partial charge in [0.25, 0.3) is 0 Å². The van der Waals surface area contributed by atoms with E-state index >= 15 is 0 Å². The second-order valence-corrected chi connectivity index (χ2v) is 7.23. The molecule has 2 aromatic carbocycles. The Bertz CT molecular complexity index is 893. The van der Waals surface area contributed by atoms with E-state index in [0.29, 0.717) is 16.3 Å². The lowest BCUT2D eigenvalue weighted by atomic mass is 10.0. The van der Waals surface area contributed by atoms with Gasteiger partial charge in [0.1, 0.15) is 5.03 Å². The summed E-state index contributed by atoms with van der Waals surface area (Å²) in [6.45, 7) is 4.14. The molecule has 1 heterocycles. The highest BCUT2D eigenvalue weighted by Gasteiger charge is 2.09. The quantitative estimate of drug-likeness (QED) is 0.447. The molecule has 0 unspecified atom stereocenters. The number of aromatic nitrogens is 2. The molecule has 5 heteroatoms. The number of halogens is 1. The molecule has 1 aromatic heterocycles. The van der Waals surface area contributed by atoms with Crippen molar-refractivity contribution in [1.82, 2.24) is 10.2 Å². The summed E-state index contributed by atoms with van der Waals surface area (Å²) >= 11 is 7.22. The van der Waals surface area contributed by atoms with E-state index in [4.69, 9.17) is 11.6 Å². The maximum Gasteiger partial charge on any atom is 0.173 e. The van der Waals surface area contributed by atoms with E-state index in [2.05, 4.69) is 42.2 Å². The van der Waals surface area contributed by atoms with Gasteiger partial charge in [0.2, 0.25) is 0 Å². The molecule has 0 aliphatic heterocycles. The molecule has 0 aliphatic rings. The van der Waals surface area contributed by atoms with Crippen LogP contribution in [0.1, 0.15) is 21.5 Å². The number of Topliss-reactive ketones (excluding diaryl/α,β-unsaturated/α-hetero) is 1. The summed E-state index contributed by atoms with van der Waals surface area (Å²) in [5.74, 6) is 0.362. The van der Waals surface area contributed by atoms with Gasteiger partial charge in [-0.15, -0.1) is 10.2 Å². The number of rotatable bonds is 5. The van der Waals surface area contributed by atoms with Crippen LogP contribution in [0.15, 0.2) is 59.6 Å². The Morgan fingerprint density at radius 3 is 2.40 bits per heavy atom. The number of carbonyl (C=O) groups is 1. The lowest BCUT2D eigenvalue weighted by molar-refractivity contribution is 0.102. The fourth-order valence-corrected chi connectivity index (χ4v) is 3.33. The van der Waals surface area contributed by atoms with Crippen molar-refractivity contribution in [3.05, 3.63) is 76.3 Å². The molecule has 126 valence electrons. The van der Waals surface area contributed by atoms with Gasteiger partial charge in [0, 0.05) is 16.1 Å². The summed E-state index contributed by atoms with van der Waals surface area (Å²) < 4.78 is 0. The van der Waals surface area contributed by atoms with Gasteiger partial charge in [-0.25, -0.2) is 0 Å². The van der Waals surface area contributed by atoms with Crippen LogP contribution in [0.3, 0.4) is 0 Å². The Morgan fingerprint density at radius 2 is 1.76 bits per heavy atom. The molecule has 0 amide bonds. The van der Waals surface area contributed by atoms with Crippen molar-refractivity contribution in [2.75, 3.05) is 5.75 Å². The lowest BCUT2D eigenvalue weighted by Crippen LogP contribution is -2.02. The molecule has 0 N–H and O–H groups in total. The highest BCUT2D eigenvalue weighted by molar-refractivity contribution is 7.99. The predicted octanol–water partition coefficient (Wildman–Crippen LogP) is 5.39. The predicted molar refractivity (Wildman–Crippen MR) is 103 cm³/mol. The SMILES string of the molecule is Cc1ccc(-c2ccc(SCC(=O)c3ccc(Cl)cc3)nn2)c(C)c1. The van der Waals surface area contributed by atoms with Gasteiger partial charge in [-0.2, -0.15) is 0 Å². The smallest absolute Gasteiger partial charge is 0.173 e. The minimum atomic E-state index is 0.0434. The van der Waals surface area contributed by atoms with Gasteiger partial charge < -0.3 is 0 Å². The summed E-state index contributed by atoms with van der Waals surface area (Å²) in [6.07, 6.45) is 0. The number of carbonyl (C=O) groups excluding carboxylic acids is 1. The molecular formula is C20H17ClN2OS. The average Bonchev–Trinajstić information content (AvgIpc) is 2.61. The Morgan fingerprint density at radius 1 is 1.00 bits per heavy atom. The molecule has 0 bridgehead atoms. The van der Waals surface area contributed by atoms with Crippen LogP contribution in [-0.4, -0.2) is 21.7 Å². The lowest BCUT2D eigenvalue weighted by Gasteiger charge is -2.06. The topological polar surface area (TPSA) is 42.9 Å². The molecule has 25 heavy (non-hydrogen) atoms. The average molecular weight is 369 g/mol. The van der Waals surface area contributed by atoms with Crippen LogP contribution in [0.5, 0.6) is 0 Å². The van der Waals surface area contributed by atoms with E-state index in [1.807, 2.05) is 12.1 Å². The van der Waals surface area contributed by atoms with E-state index in [1.165, 1.54) is 22.9 Å². The van der Waals surface area contributed by atoms with E-state index < -0.39 is 0 Å². The fraction of sp³-hybridized carbons (Fsp3) is 0.150. The first-order valence-corrected chi connectivity index (χ1v) is 9.22. The zero-order chi connectivity index (χ0) is 17.8. The molecular weight excluding hydrogens is 352 g/mol. The van der Waals surface area contributed by atoms with E-state index in [-0.39, 0.29) is 5.78 Å². The minimum absolute atomic E-state index is 0.0434. The first kappa shape index (κ1) is 17.6. The van der Waals surface area contributed by atoms with Crippen LogP contribution < -0.4 is 0 Å². The molecule has 0 aliphatic carbocycles. The molecule has 3 rings (SSSR count). The normalized spacial score (nSPS) is 10.7. The van der Waals surface area contributed by atoms with Crippen molar-refractivity contribution in [1.29, 1.82) is 0 Å². The zero-order valence-corrected chi connectivity index (χ0v) is 15.6. The van der Waals surface area contributed by atoms with Gasteiger partial charge in [-0.05, 0) is 55.8 Å². The van der Waals surface area contributed by atoms with Crippen molar-refractivity contribution in [3.63, 3.8) is 0 Å². The highest BCUT2D eigenvalue weighted by Crippen LogP contribution is 2.24. The van der Waals surface area contributed by atoms with Crippen LogP contribution >= 0.6 is 23.4 Å². The van der Waals surface area contributed by atoms with E-state index in [0.717, 1.165) is 16.3 Å². The fourth-order valence-electron chi connectivity index (χ4n) is 2.50. The number of benzene rings is 2. The van der Waals surface area contributed by atoms with Gasteiger partial charge in [-0.3, -0.25) is 4.79 Å². The molecule has 0 saturated heterocycles. The Balaban J connectivity index is 1.66. The number of nitrogens with zero attached hydrogens (tertiary/aromatic N) is 2. The number of aryl methyl sites for hydroxylation is 2. The second kappa shape index (κ2) is 7.81. The Hall–Kier alpha value is -2.17. The number of hydrogen-bond donors (Lipinski definition) is 0. The molecule has 0 atom stereocenters. The van der Waals surface area contributed by atoms with Crippen molar-refractivity contribution >= 4 is 29.1 Å².